The molecule has 2 aliphatic rings. The van der Waals surface area contributed by atoms with Crippen LogP contribution in [0.25, 0.3) is 11.3 Å². The number of hydrogen-bond donors (Lipinski definition) is 1. The minimum absolute atomic E-state index is 0.0830. The van der Waals surface area contributed by atoms with Gasteiger partial charge in [-0.2, -0.15) is 0 Å². The fraction of sp³-hybridized carbons (Fsp3) is 0.385. The molecule has 1 N–H and O–H groups in total. The summed E-state index contributed by atoms with van der Waals surface area (Å²) in [6.07, 6.45) is 2.83. The van der Waals surface area contributed by atoms with Crippen LogP contribution < -0.4 is 5.32 Å². The molecule has 8 heteroatoms. The van der Waals surface area contributed by atoms with Gasteiger partial charge in [0, 0.05) is 43.0 Å². The molecule has 5 rings (SSSR count). The summed E-state index contributed by atoms with van der Waals surface area (Å²) in [6.45, 7) is 7.53. The molecule has 1 aromatic carbocycles. The highest BCUT2D eigenvalue weighted by atomic mass is 35.5. The van der Waals surface area contributed by atoms with Gasteiger partial charge in [0.25, 0.3) is 0 Å². The average molecular weight is 497 g/mol. The van der Waals surface area contributed by atoms with Crippen LogP contribution in [0, 0.1) is 6.92 Å². The first-order valence-electron chi connectivity index (χ1n) is 11.7. The molecule has 2 fully saturated rings. The predicted octanol–water partition coefficient (Wildman–Crippen LogP) is 5.00. The molecule has 2 aromatic heterocycles. The molecule has 0 amide bonds. The van der Waals surface area contributed by atoms with Crippen LogP contribution in [0.3, 0.4) is 0 Å². The Bertz CT molecular complexity index is 1130. The van der Waals surface area contributed by atoms with Crippen LogP contribution >= 0.6 is 23.8 Å². The predicted molar refractivity (Wildman–Crippen MR) is 138 cm³/mol. The summed E-state index contributed by atoms with van der Waals surface area (Å²) in [5, 5.41) is 4.94. The number of pyridine rings is 1. The third-order valence-electron chi connectivity index (χ3n) is 6.56. The number of nitrogens with one attached hydrogen (secondary N) is 1. The molecule has 34 heavy (non-hydrogen) atoms. The number of morpholine rings is 1. The summed E-state index contributed by atoms with van der Waals surface area (Å²) in [5.74, 6) is 1.67. The Labute approximate surface area is 210 Å². The van der Waals surface area contributed by atoms with Gasteiger partial charge in [0.2, 0.25) is 0 Å². The number of halogens is 1. The van der Waals surface area contributed by atoms with Gasteiger partial charge in [0.15, 0.2) is 5.11 Å². The number of aromatic nitrogens is 1. The Morgan fingerprint density at radius 1 is 1.12 bits per heavy atom. The first-order valence-corrected chi connectivity index (χ1v) is 12.5. The molecule has 2 saturated heterocycles. The van der Waals surface area contributed by atoms with Crippen molar-refractivity contribution in [1.82, 2.24) is 20.1 Å². The zero-order chi connectivity index (χ0) is 23.5. The lowest BCUT2D eigenvalue weighted by Crippen LogP contribution is -2.38. The summed E-state index contributed by atoms with van der Waals surface area (Å²) < 4.78 is 11.9. The van der Waals surface area contributed by atoms with Gasteiger partial charge in [0.05, 0.1) is 24.9 Å². The number of hydrogen-bond acceptors (Lipinski definition) is 5. The number of furan rings is 1. The van der Waals surface area contributed by atoms with E-state index in [1.54, 1.807) is 0 Å². The first kappa shape index (κ1) is 23.3. The van der Waals surface area contributed by atoms with Crippen LogP contribution in [-0.2, 0) is 4.74 Å². The lowest BCUT2D eigenvalue weighted by molar-refractivity contribution is 0.0365. The van der Waals surface area contributed by atoms with E-state index in [0.717, 1.165) is 79.3 Å². The van der Waals surface area contributed by atoms with Crippen molar-refractivity contribution in [2.75, 3.05) is 39.4 Å². The van der Waals surface area contributed by atoms with E-state index in [1.165, 1.54) is 0 Å². The molecule has 6 nitrogen and oxygen atoms in total. The minimum Gasteiger partial charge on any atom is -0.459 e. The van der Waals surface area contributed by atoms with Crippen molar-refractivity contribution in [3.63, 3.8) is 0 Å². The molecular weight excluding hydrogens is 468 g/mol. The second-order valence-corrected chi connectivity index (χ2v) is 9.61. The lowest BCUT2D eigenvalue weighted by Gasteiger charge is -2.29. The summed E-state index contributed by atoms with van der Waals surface area (Å²) in [5.41, 5.74) is 3.07. The maximum Gasteiger partial charge on any atom is 0.170 e. The minimum atomic E-state index is -0.0865. The highest BCUT2D eigenvalue weighted by Gasteiger charge is 2.41. The highest BCUT2D eigenvalue weighted by molar-refractivity contribution is 7.80. The Morgan fingerprint density at radius 3 is 2.76 bits per heavy atom. The van der Waals surface area contributed by atoms with Crippen molar-refractivity contribution in [2.24, 2.45) is 0 Å². The fourth-order valence-electron chi connectivity index (χ4n) is 4.76. The highest BCUT2D eigenvalue weighted by Crippen LogP contribution is 2.41. The van der Waals surface area contributed by atoms with E-state index in [0.29, 0.717) is 5.02 Å². The third kappa shape index (κ3) is 4.98. The molecule has 0 aliphatic carbocycles. The van der Waals surface area contributed by atoms with Gasteiger partial charge in [-0.3, -0.25) is 9.88 Å². The van der Waals surface area contributed by atoms with Crippen LogP contribution in [0.4, 0.5) is 0 Å². The standard InChI is InChI=1S/C26H29ClN4O2S/c1-18-6-7-19(27)17-20(18)22-8-9-23(33-22)25-24(21-5-2-3-10-28-21)29-26(34)31(25)12-4-11-30-13-15-32-16-14-30/h2-3,5-10,17,24-25H,4,11-16H2,1H3,(H,29,34)/t24-,25-/m1/s1. The van der Waals surface area contributed by atoms with E-state index in [2.05, 4.69) is 33.1 Å². The van der Waals surface area contributed by atoms with Crippen molar-refractivity contribution in [1.29, 1.82) is 0 Å². The van der Waals surface area contributed by atoms with E-state index >= 15 is 0 Å². The zero-order valence-corrected chi connectivity index (χ0v) is 20.8. The van der Waals surface area contributed by atoms with Crippen LogP contribution in [0.15, 0.2) is 59.1 Å². The van der Waals surface area contributed by atoms with Gasteiger partial charge in [-0.1, -0.05) is 23.7 Å². The van der Waals surface area contributed by atoms with Crippen molar-refractivity contribution in [3.8, 4) is 11.3 Å². The molecule has 4 heterocycles. The summed E-state index contributed by atoms with van der Waals surface area (Å²) in [7, 11) is 0. The number of ether oxygens (including phenoxy) is 1. The second kappa shape index (κ2) is 10.4. The van der Waals surface area contributed by atoms with Crippen LogP contribution in [-0.4, -0.2) is 59.3 Å². The van der Waals surface area contributed by atoms with E-state index in [1.807, 2.05) is 48.7 Å². The average Bonchev–Trinajstić information content (AvgIpc) is 3.47. The van der Waals surface area contributed by atoms with Gasteiger partial charge in [-0.25, -0.2) is 0 Å². The van der Waals surface area contributed by atoms with E-state index in [9.17, 15) is 0 Å². The molecule has 0 spiro atoms. The van der Waals surface area contributed by atoms with Crippen LogP contribution in [0.1, 0.15) is 35.5 Å². The van der Waals surface area contributed by atoms with E-state index in [-0.39, 0.29) is 12.1 Å². The Kier molecular flexibility index (Phi) is 7.15. The number of nitrogens with zero attached hydrogens (tertiary/aromatic N) is 3. The zero-order valence-electron chi connectivity index (χ0n) is 19.2. The van der Waals surface area contributed by atoms with Gasteiger partial charge in [-0.05, 0) is 67.5 Å². The molecule has 178 valence electrons. The number of thiocarbonyl (C=S) groups is 1. The topological polar surface area (TPSA) is 53.8 Å². The smallest absolute Gasteiger partial charge is 0.170 e. The second-order valence-electron chi connectivity index (χ2n) is 8.79. The SMILES string of the molecule is Cc1ccc(Cl)cc1-c1ccc([C@@H]2[C@@H](c3ccccn3)NC(=S)N2CCCN2CCOCC2)o1. The van der Waals surface area contributed by atoms with E-state index < -0.39 is 0 Å². The van der Waals surface area contributed by atoms with Crippen molar-refractivity contribution < 1.29 is 9.15 Å². The van der Waals surface area contributed by atoms with Gasteiger partial charge >= 0.3 is 0 Å². The fourth-order valence-corrected chi connectivity index (χ4v) is 5.26. The Hall–Kier alpha value is -2.45. The van der Waals surface area contributed by atoms with Crippen LogP contribution in [0.5, 0.6) is 0 Å². The normalized spacial score (nSPS) is 21.1. The maximum absolute atomic E-state index is 6.46. The number of benzene rings is 1. The molecule has 0 bridgehead atoms. The number of aryl methyl sites for hydroxylation is 1. The quantitative estimate of drug-likeness (QED) is 0.462. The molecule has 0 radical (unpaired) electrons. The molecule has 0 saturated carbocycles. The molecule has 2 atom stereocenters. The summed E-state index contributed by atoms with van der Waals surface area (Å²) >= 11 is 12.1. The van der Waals surface area contributed by atoms with Crippen LogP contribution in [0.2, 0.25) is 5.02 Å². The third-order valence-corrected chi connectivity index (χ3v) is 7.15. The molecular formula is C26H29ClN4O2S. The van der Waals surface area contributed by atoms with Crippen molar-refractivity contribution in [2.45, 2.75) is 25.4 Å². The Balaban J connectivity index is 1.41. The monoisotopic (exact) mass is 496 g/mol. The molecule has 0 unspecified atom stereocenters. The largest absolute Gasteiger partial charge is 0.459 e. The van der Waals surface area contributed by atoms with Gasteiger partial charge < -0.3 is 19.4 Å². The summed E-state index contributed by atoms with van der Waals surface area (Å²) in [4.78, 5) is 9.32. The maximum atomic E-state index is 6.46. The lowest BCUT2D eigenvalue weighted by atomic mass is 10.0. The molecule has 3 aromatic rings. The summed E-state index contributed by atoms with van der Waals surface area (Å²) in [6, 6.07) is 15.8. The van der Waals surface area contributed by atoms with Crippen molar-refractivity contribution in [3.05, 3.63) is 76.8 Å². The van der Waals surface area contributed by atoms with Gasteiger partial charge in [-0.15, -0.1) is 0 Å². The van der Waals surface area contributed by atoms with E-state index in [4.69, 9.17) is 33.0 Å². The number of rotatable bonds is 7. The Morgan fingerprint density at radius 2 is 1.97 bits per heavy atom. The van der Waals surface area contributed by atoms with Gasteiger partial charge in [0.1, 0.15) is 17.6 Å². The van der Waals surface area contributed by atoms with Crippen molar-refractivity contribution >= 4 is 28.9 Å². The molecule has 2 aliphatic heterocycles. The first-order chi connectivity index (χ1) is 16.6.